The van der Waals surface area contributed by atoms with Gasteiger partial charge in [0.25, 0.3) is 5.69 Å². The molecule has 0 unspecified atom stereocenters. The predicted molar refractivity (Wildman–Crippen MR) is 79.3 cm³/mol. The number of nitriles is 1. The highest BCUT2D eigenvalue weighted by Crippen LogP contribution is 2.32. The van der Waals surface area contributed by atoms with Crippen LogP contribution in [0.4, 0.5) is 5.69 Å². The Morgan fingerprint density at radius 1 is 1.33 bits per heavy atom. The maximum absolute atomic E-state index is 10.9. The Morgan fingerprint density at radius 3 is 2.67 bits per heavy atom. The van der Waals surface area contributed by atoms with Crippen molar-refractivity contribution in [3.63, 3.8) is 0 Å². The van der Waals surface area contributed by atoms with Crippen LogP contribution >= 0.6 is 15.9 Å². The monoisotopic (exact) mass is 347 g/mol. The summed E-state index contributed by atoms with van der Waals surface area (Å²) in [5.41, 5.74) is 1.46. The second kappa shape index (κ2) is 5.89. The van der Waals surface area contributed by atoms with Gasteiger partial charge in [-0.25, -0.2) is 0 Å². The first kappa shape index (κ1) is 14.9. The highest BCUT2D eigenvalue weighted by molar-refractivity contribution is 9.10. The second-order valence-corrected chi connectivity index (χ2v) is 5.25. The quantitative estimate of drug-likeness (QED) is 0.617. The van der Waals surface area contributed by atoms with E-state index >= 15 is 0 Å². The molecule has 0 saturated carbocycles. The third-order valence-corrected chi connectivity index (χ3v) is 3.16. The summed E-state index contributed by atoms with van der Waals surface area (Å²) in [6.45, 7) is 3.49. The summed E-state index contributed by atoms with van der Waals surface area (Å²) in [6.07, 6.45) is 0. The number of aryl methyl sites for hydroxylation is 2. The largest absolute Gasteiger partial charge is 0.456 e. The predicted octanol–water partition coefficient (Wildman–Crippen LogP) is 4.03. The number of halogens is 1. The minimum atomic E-state index is -0.508. The third-order valence-electron chi connectivity index (χ3n) is 2.70. The van der Waals surface area contributed by atoms with Gasteiger partial charge < -0.3 is 4.74 Å². The minimum Gasteiger partial charge on any atom is -0.456 e. The third kappa shape index (κ3) is 3.35. The van der Waals surface area contributed by atoms with Crippen LogP contribution in [0.25, 0.3) is 0 Å². The first-order valence-electron chi connectivity index (χ1n) is 5.92. The van der Waals surface area contributed by atoms with Gasteiger partial charge in [0.2, 0.25) is 0 Å². The van der Waals surface area contributed by atoms with E-state index in [1.807, 2.05) is 6.07 Å². The average molecular weight is 348 g/mol. The molecule has 0 spiro atoms. The average Bonchev–Trinajstić information content (AvgIpc) is 2.37. The number of pyridine rings is 1. The summed E-state index contributed by atoms with van der Waals surface area (Å²) >= 11 is 3.20. The number of ether oxygens (including phenoxy) is 1. The van der Waals surface area contributed by atoms with E-state index in [0.717, 1.165) is 0 Å². The Labute approximate surface area is 129 Å². The number of hydrogen-bond acceptors (Lipinski definition) is 5. The molecule has 0 aliphatic heterocycles. The van der Waals surface area contributed by atoms with Gasteiger partial charge in [0.15, 0.2) is 0 Å². The molecule has 2 aromatic rings. The summed E-state index contributed by atoms with van der Waals surface area (Å²) in [7, 11) is 0. The second-order valence-electron chi connectivity index (χ2n) is 4.34. The van der Waals surface area contributed by atoms with Crippen molar-refractivity contribution >= 4 is 21.6 Å². The molecule has 106 valence electrons. The van der Waals surface area contributed by atoms with E-state index in [1.165, 1.54) is 12.1 Å². The molecule has 0 amide bonds. The summed E-state index contributed by atoms with van der Waals surface area (Å²) in [5, 5.41) is 20.0. The first-order valence-corrected chi connectivity index (χ1v) is 6.71. The van der Waals surface area contributed by atoms with Crippen molar-refractivity contribution in [2.45, 2.75) is 13.8 Å². The number of benzene rings is 1. The fraction of sp³-hybridized carbons (Fsp3) is 0.143. The zero-order valence-corrected chi connectivity index (χ0v) is 12.8. The van der Waals surface area contributed by atoms with E-state index in [9.17, 15) is 15.4 Å². The number of non-ortho nitro benzene ring substituents is 1. The molecule has 1 aromatic carbocycles. The van der Waals surface area contributed by atoms with Crippen molar-refractivity contribution in [3.05, 3.63) is 55.8 Å². The molecule has 1 aromatic heterocycles. The van der Waals surface area contributed by atoms with Crippen LogP contribution in [0, 0.1) is 35.3 Å². The van der Waals surface area contributed by atoms with E-state index in [1.54, 1.807) is 26.0 Å². The van der Waals surface area contributed by atoms with Gasteiger partial charge in [-0.2, -0.15) is 5.26 Å². The summed E-state index contributed by atoms with van der Waals surface area (Å²) in [4.78, 5) is 14.5. The summed E-state index contributed by atoms with van der Waals surface area (Å²) in [6, 6.07) is 7.93. The van der Waals surface area contributed by atoms with Gasteiger partial charge in [-0.05, 0) is 19.9 Å². The molecule has 0 aliphatic rings. The van der Waals surface area contributed by atoms with Crippen LogP contribution < -0.4 is 4.74 Å². The Morgan fingerprint density at radius 2 is 2.05 bits per heavy atom. The van der Waals surface area contributed by atoms with Crippen molar-refractivity contribution < 1.29 is 9.66 Å². The van der Waals surface area contributed by atoms with Gasteiger partial charge >= 0.3 is 0 Å². The molecular formula is C14H10BrN3O3. The normalized spacial score (nSPS) is 10.0. The standard InChI is InChI=1S/C14H10BrN3O3/c1-8-3-14(13(7-16)9(2)17-8)21-12-5-10(15)4-11(6-12)18(19)20/h3-6H,1-2H3. The van der Waals surface area contributed by atoms with Gasteiger partial charge in [-0.3, -0.25) is 15.1 Å². The van der Waals surface area contributed by atoms with Crippen LogP contribution in [-0.4, -0.2) is 9.91 Å². The van der Waals surface area contributed by atoms with Gasteiger partial charge in [-0.15, -0.1) is 0 Å². The van der Waals surface area contributed by atoms with Crippen molar-refractivity contribution in [2.75, 3.05) is 0 Å². The van der Waals surface area contributed by atoms with Crippen molar-refractivity contribution in [1.29, 1.82) is 5.26 Å². The fourth-order valence-corrected chi connectivity index (χ4v) is 2.31. The number of nitrogens with zero attached hydrogens (tertiary/aromatic N) is 3. The summed E-state index contributed by atoms with van der Waals surface area (Å²) in [5.74, 6) is 0.604. The molecule has 0 atom stereocenters. The van der Waals surface area contributed by atoms with E-state index in [4.69, 9.17) is 4.74 Å². The van der Waals surface area contributed by atoms with Crippen LogP contribution in [0.3, 0.4) is 0 Å². The lowest BCUT2D eigenvalue weighted by Crippen LogP contribution is -1.97. The number of nitro groups is 1. The lowest BCUT2D eigenvalue weighted by Gasteiger charge is -2.10. The zero-order valence-electron chi connectivity index (χ0n) is 11.3. The number of aromatic nitrogens is 1. The molecule has 7 heteroatoms. The number of rotatable bonds is 3. The van der Waals surface area contributed by atoms with Crippen molar-refractivity contribution in [1.82, 2.24) is 4.98 Å². The van der Waals surface area contributed by atoms with Crippen LogP contribution in [0.2, 0.25) is 0 Å². The number of nitro benzene ring substituents is 1. The maximum atomic E-state index is 10.9. The molecule has 0 saturated heterocycles. The van der Waals surface area contributed by atoms with E-state index in [-0.39, 0.29) is 11.4 Å². The maximum Gasteiger partial charge on any atom is 0.274 e. The van der Waals surface area contributed by atoms with Crippen molar-refractivity contribution in [3.8, 4) is 17.6 Å². The Bertz CT molecular complexity index is 769. The first-order chi connectivity index (χ1) is 9.90. The van der Waals surface area contributed by atoms with Gasteiger partial charge in [0, 0.05) is 22.3 Å². The highest BCUT2D eigenvalue weighted by atomic mass is 79.9. The zero-order chi connectivity index (χ0) is 15.6. The lowest BCUT2D eigenvalue weighted by atomic mass is 10.2. The molecule has 1 heterocycles. The Kier molecular flexibility index (Phi) is 4.19. The molecule has 0 aliphatic carbocycles. The topological polar surface area (TPSA) is 89.0 Å². The van der Waals surface area contributed by atoms with Gasteiger partial charge in [0.05, 0.1) is 16.7 Å². The molecule has 0 N–H and O–H groups in total. The molecular weight excluding hydrogens is 338 g/mol. The van der Waals surface area contributed by atoms with Crippen molar-refractivity contribution in [2.24, 2.45) is 0 Å². The Balaban J connectivity index is 2.48. The van der Waals surface area contributed by atoms with Gasteiger partial charge in [0.1, 0.15) is 23.1 Å². The molecule has 0 fully saturated rings. The fourth-order valence-electron chi connectivity index (χ4n) is 1.85. The number of hydrogen-bond donors (Lipinski definition) is 0. The highest BCUT2D eigenvalue weighted by Gasteiger charge is 2.14. The summed E-state index contributed by atoms with van der Waals surface area (Å²) < 4.78 is 6.16. The SMILES string of the molecule is Cc1cc(Oc2cc(Br)cc([N+](=O)[O-])c2)c(C#N)c(C)n1. The lowest BCUT2D eigenvalue weighted by molar-refractivity contribution is -0.385. The minimum absolute atomic E-state index is 0.0969. The molecule has 6 nitrogen and oxygen atoms in total. The van der Waals surface area contributed by atoms with E-state index in [0.29, 0.717) is 27.2 Å². The van der Waals surface area contributed by atoms with Crippen LogP contribution in [0.1, 0.15) is 17.0 Å². The molecule has 21 heavy (non-hydrogen) atoms. The van der Waals surface area contributed by atoms with Crippen LogP contribution in [0.5, 0.6) is 11.5 Å². The van der Waals surface area contributed by atoms with E-state index in [2.05, 4.69) is 20.9 Å². The van der Waals surface area contributed by atoms with E-state index < -0.39 is 4.92 Å². The molecule has 0 radical (unpaired) electrons. The van der Waals surface area contributed by atoms with Crippen LogP contribution in [0.15, 0.2) is 28.7 Å². The Hall–Kier alpha value is -2.46. The molecule has 0 bridgehead atoms. The van der Waals surface area contributed by atoms with Crippen LogP contribution in [-0.2, 0) is 0 Å². The smallest absolute Gasteiger partial charge is 0.274 e. The molecule has 2 rings (SSSR count). The van der Waals surface area contributed by atoms with Gasteiger partial charge in [-0.1, -0.05) is 15.9 Å².